The van der Waals surface area contributed by atoms with Gasteiger partial charge in [-0.2, -0.15) is 0 Å². The maximum Gasteiger partial charge on any atom is 0.270 e. The fourth-order valence-electron chi connectivity index (χ4n) is 2.45. The molecule has 18 heavy (non-hydrogen) atoms. The molecule has 5 heteroatoms. The van der Waals surface area contributed by atoms with Crippen LogP contribution < -0.4 is 5.73 Å². The van der Waals surface area contributed by atoms with Crippen molar-refractivity contribution in [1.29, 1.82) is 0 Å². The second kappa shape index (κ2) is 4.70. The third kappa shape index (κ3) is 2.47. The van der Waals surface area contributed by atoms with Gasteiger partial charge in [0.15, 0.2) is 0 Å². The van der Waals surface area contributed by atoms with Crippen molar-refractivity contribution < 1.29 is 4.79 Å². The van der Waals surface area contributed by atoms with Crippen molar-refractivity contribution in [2.75, 3.05) is 13.1 Å². The Morgan fingerprint density at radius 3 is 2.72 bits per heavy atom. The van der Waals surface area contributed by atoms with E-state index in [1.54, 1.807) is 0 Å². The van der Waals surface area contributed by atoms with Gasteiger partial charge in [-0.05, 0) is 33.8 Å². The van der Waals surface area contributed by atoms with E-state index >= 15 is 0 Å². The zero-order valence-electron chi connectivity index (χ0n) is 11.1. The van der Waals surface area contributed by atoms with Crippen LogP contribution in [-0.4, -0.2) is 34.5 Å². The Kier molecular flexibility index (Phi) is 3.56. The Hall–Kier alpha value is -0.810. The predicted octanol–water partition coefficient (Wildman–Crippen LogP) is 1.99. The third-order valence-corrected chi connectivity index (χ3v) is 4.22. The highest BCUT2D eigenvalue weighted by molar-refractivity contribution is 9.10. The zero-order valence-corrected chi connectivity index (χ0v) is 12.7. The van der Waals surface area contributed by atoms with E-state index < -0.39 is 0 Å². The van der Waals surface area contributed by atoms with Gasteiger partial charge in [-0.15, -0.1) is 0 Å². The van der Waals surface area contributed by atoms with Crippen molar-refractivity contribution in [1.82, 2.24) is 9.47 Å². The maximum atomic E-state index is 12.5. The topological polar surface area (TPSA) is 51.3 Å². The number of hydrogen-bond donors (Lipinski definition) is 1. The molecule has 2 rings (SSSR count). The Balaban J connectivity index is 2.18. The molecule has 0 saturated carbocycles. The highest BCUT2D eigenvalue weighted by Gasteiger charge is 2.36. The van der Waals surface area contributed by atoms with Crippen LogP contribution in [0, 0.1) is 5.41 Å². The number of carbonyl (C=O) groups is 1. The minimum absolute atomic E-state index is 0.0176. The van der Waals surface area contributed by atoms with Crippen LogP contribution in [0.2, 0.25) is 0 Å². The molecule has 0 spiro atoms. The molecule has 4 nitrogen and oxygen atoms in total. The van der Waals surface area contributed by atoms with Gasteiger partial charge in [0.2, 0.25) is 0 Å². The summed E-state index contributed by atoms with van der Waals surface area (Å²) < 4.78 is 2.79. The van der Waals surface area contributed by atoms with Crippen LogP contribution in [0.25, 0.3) is 0 Å². The summed E-state index contributed by atoms with van der Waals surface area (Å²) in [6.45, 7) is 5.71. The lowest BCUT2D eigenvalue weighted by atomic mass is 9.79. The lowest BCUT2D eigenvalue weighted by Crippen LogP contribution is -2.54. The molecule has 1 unspecified atom stereocenters. The molecule has 1 saturated heterocycles. The molecule has 0 radical (unpaired) electrons. The molecule has 0 aliphatic carbocycles. The monoisotopic (exact) mass is 313 g/mol. The summed E-state index contributed by atoms with van der Waals surface area (Å²) in [6, 6.07) is 2.03. The second-order valence-corrected chi connectivity index (χ2v) is 6.68. The zero-order chi connectivity index (χ0) is 13.5. The Morgan fingerprint density at radius 1 is 1.56 bits per heavy atom. The molecule has 1 atom stereocenters. The van der Waals surface area contributed by atoms with Gasteiger partial charge in [-0.3, -0.25) is 4.79 Å². The smallest absolute Gasteiger partial charge is 0.270 e. The summed E-state index contributed by atoms with van der Waals surface area (Å²) in [6.07, 6.45) is 2.76. The molecule has 1 amide bonds. The van der Waals surface area contributed by atoms with Crippen molar-refractivity contribution >= 4 is 21.8 Å². The number of piperidine rings is 1. The van der Waals surface area contributed by atoms with Crippen molar-refractivity contribution in [3.8, 4) is 0 Å². The number of likely N-dealkylation sites (tertiary alicyclic amines) is 1. The standard InChI is InChI=1S/C13H20BrN3O/c1-13(2)8-17(5-4-11(13)15)12(18)10-6-9(14)7-16(10)3/h6-7,11H,4-5,8,15H2,1-3H3. The van der Waals surface area contributed by atoms with Gasteiger partial charge >= 0.3 is 0 Å². The number of amides is 1. The first-order chi connectivity index (χ1) is 8.31. The number of aryl methyl sites for hydroxylation is 1. The van der Waals surface area contributed by atoms with Crippen LogP contribution >= 0.6 is 15.9 Å². The van der Waals surface area contributed by atoms with Gasteiger partial charge in [-0.25, -0.2) is 0 Å². The van der Waals surface area contributed by atoms with Crippen molar-refractivity contribution in [2.24, 2.45) is 18.2 Å². The van der Waals surface area contributed by atoms with E-state index in [1.807, 2.05) is 28.8 Å². The number of hydrogen-bond acceptors (Lipinski definition) is 2. The number of nitrogens with zero attached hydrogens (tertiary/aromatic N) is 2. The lowest BCUT2D eigenvalue weighted by molar-refractivity contribution is 0.0524. The molecule has 2 heterocycles. The SMILES string of the molecule is Cn1cc(Br)cc1C(=O)N1CCC(N)C(C)(C)C1. The predicted molar refractivity (Wildman–Crippen MR) is 75.4 cm³/mol. The van der Waals surface area contributed by atoms with E-state index in [9.17, 15) is 4.79 Å². The summed E-state index contributed by atoms with van der Waals surface area (Å²) >= 11 is 3.40. The molecule has 2 N–H and O–H groups in total. The molecule has 1 fully saturated rings. The number of aromatic nitrogens is 1. The largest absolute Gasteiger partial charge is 0.345 e. The number of halogens is 1. The van der Waals surface area contributed by atoms with Crippen molar-refractivity contribution in [2.45, 2.75) is 26.3 Å². The number of nitrogens with two attached hydrogens (primary N) is 1. The summed E-state index contributed by atoms with van der Waals surface area (Å²) in [5.74, 6) is 0.0863. The first-order valence-corrected chi connectivity index (χ1v) is 6.97. The maximum absolute atomic E-state index is 12.5. The van der Waals surface area contributed by atoms with Crippen molar-refractivity contribution in [3.63, 3.8) is 0 Å². The molecule has 100 valence electrons. The minimum atomic E-state index is -0.0176. The normalized spacial score (nSPS) is 23.2. The Labute approximate surface area is 116 Å². The van der Waals surface area contributed by atoms with Gasteiger partial charge in [0.05, 0.1) is 0 Å². The average molecular weight is 314 g/mol. The van der Waals surface area contributed by atoms with Gasteiger partial charge in [-0.1, -0.05) is 13.8 Å². The quantitative estimate of drug-likeness (QED) is 0.862. The van der Waals surface area contributed by atoms with E-state index in [4.69, 9.17) is 5.73 Å². The fourth-order valence-corrected chi connectivity index (χ4v) is 2.97. The summed E-state index contributed by atoms with van der Waals surface area (Å²) in [4.78, 5) is 14.4. The van der Waals surface area contributed by atoms with E-state index in [1.165, 1.54) is 0 Å². The van der Waals surface area contributed by atoms with Crippen LogP contribution in [-0.2, 0) is 7.05 Å². The Bertz CT molecular complexity index is 467. The van der Waals surface area contributed by atoms with E-state index in [0.29, 0.717) is 5.69 Å². The highest BCUT2D eigenvalue weighted by atomic mass is 79.9. The molecular weight excluding hydrogens is 294 g/mol. The first-order valence-electron chi connectivity index (χ1n) is 6.18. The molecule has 0 aromatic carbocycles. The lowest BCUT2D eigenvalue weighted by Gasteiger charge is -2.42. The van der Waals surface area contributed by atoms with Crippen LogP contribution in [0.5, 0.6) is 0 Å². The summed E-state index contributed by atoms with van der Waals surface area (Å²) in [7, 11) is 1.89. The van der Waals surface area contributed by atoms with E-state index in [0.717, 1.165) is 24.0 Å². The van der Waals surface area contributed by atoms with Crippen LogP contribution in [0.4, 0.5) is 0 Å². The molecular formula is C13H20BrN3O. The van der Waals surface area contributed by atoms with Gasteiger partial charge < -0.3 is 15.2 Å². The van der Waals surface area contributed by atoms with Crippen LogP contribution in [0.1, 0.15) is 30.8 Å². The van der Waals surface area contributed by atoms with Crippen molar-refractivity contribution in [3.05, 3.63) is 22.4 Å². The number of carbonyl (C=O) groups excluding carboxylic acids is 1. The van der Waals surface area contributed by atoms with E-state index in [2.05, 4.69) is 29.8 Å². The number of rotatable bonds is 1. The minimum Gasteiger partial charge on any atom is -0.345 e. The second-order valence-electron chi connectivity index (χ2n) is 5.76. The fraction of sp³-hybridized carbons (Fsp3) is 0.615. The molecule has 1 aliphatic heterocycles. The first kappa shape index (κ1) is 13.6. The third-order valence-electron chi connectivity index (χ3n) is 3.79. The molecule has 0 bridgehead atoms. The molecule has 1 aromatic heterocycles. The summed E-state index contributed by atoms with van der Waals surface area (Å²) in [5.41, 5.74) is 6.80. The van der Waals surface area contributed by atoms with Crippen LogP contribution in [0.15, 0.2) is 16.7 Å². The summed E-state index contributed by atoms with van der Waals surface area (Å²) in [5, 5.41) is 0. The molecule has 1 aliphatic rings. The van der Waals surface area contributed by atoms with Gasteiger partial charge in [0.25, 0.3) is 5.91 Å². The van der Waals surface area contributed by atoms with Gasteiger partial charge in [0.1, 0.15) is 5.69 Å². The van der Waals surface area contributed by atoms with E-state index in [-0.39, 0.29) is 17.4 Å². The van der Waals surface area contributed by atoms with Gasteiger partial charge in [0, 0.05) is 36.8 Å². The highest BCUT2D eigenvalue weighted by Crippen LogP contribution is 2.29. The average Bonchev–Trinajstić information content (AvgIpc) is 2.60. The van der Waals surface area contributed by atoms with Crippen LogP contribution in [0.3, 0.4) is 0 Å². The molecule has 1 aromatic rings. The Morgan fingerprint density at radius 2 is 2.22 bits per heavy atom.